The van der Waals surface area contributed by atoms with Gasteiger partial charge in [0.05, 0.1) is 18.2 Å². The number of aryl methyl sites for hydroxylation is 1. The first-order valence-electron chi connectivity index (χ1n) is 12.4. The molecule has 0 bridgehead atoms. The van der Waals surface area contributed by atoms with Crippen LogP contribution in [0.1, 0.15) is 87.6 Å². The summed E-state index contributed by atoms with van der Waals surface area (Å²) in [7, 11) is 0. The maximum atomic E-state index is 13.6. The largest absolute Gasteiger partial charge is 0.481 e. The van der Waals surface area contributed by atoms with Gasteiger partial charge in [0.25, 0.3) is 0 Å². The summed E-state index contributed by atoms with van der Waals surface area (Å²) in [5.41, 5.74) is -0.00952. The van der Waals surface area contributed by atoms with Gasteiger partial charge in [0.15, 0.2) is 5.69 Å². The minimum Gasteiger partial charge on any atom is -0.481 e. The van der Waals surface area contributed by atoms with E-state index in [-0.39, 0.29) is 42.8 Å². The molecular formula is C24H34F3N3O3. The molecule has 2 saturated carbocycles. The summed E-state index contributed by atoms with van der Waals surface area (Å²) in [5.74, 6) is -0.460. The summed E-state index contributed by atoms with van der Waals surface area (Å²) < 4.78 is 42.4. The average Bonchev–Trinajstić information content (AvgIpc) is 3.17. The lowest BCUT2D eigenvalue weighted by Crippen LogP contribution is -2.38. The zero-order valence-corrected chi connectivity index (χ0v) is 19.1. The monoisotopic (exact) mass is 469 g/mol. The highest BCUT2D eigenvalue weighted by Gasteiger charge is 2.41. The van der Waals surface area contributed by atoms with Gasteiger partial charge in [0.2, 0.25) is 5.91 Å². The van der Waals surface area contributed by atoms with Gasteiger partial charge in [0.1, 0.15) is 0 Å². The van der Waals surface area contributed by atoms with Crippen molar-refractivity contribution in [1.82, 2.24) is 14.7 Å². The summed E-state index contributed by atoms with van der Waals surface area (Å²) in [4.78, 5) is 25.8. The van der Waals surface area contributed by atoms with Crippen LogP contribution in [0.15, 0.2) is 0 Å². The third-order valence-electron chi connectivity index (χ3n) is 7.89. The quantitative estimate of drug-likeness (QED) is 0.634. The Hall–Kier alpha value is -2.06. The Morgan fingerprint density at radius 1 is 1.00 bits per heavy atom. The minimum absolute atomic E-state index is 0.0481. The van der Waals surface area contributed by atoms with Gasteiger partial charge in [-0.3, -0.25) is 14.3 Å². The number of rotatable bonds is 6. The molecule has 0 aromatic carbocycles. The van der Waals surface area contributed by atoms with E-state index in [4.69, 9.17) is 5.11 Å². The van der Waals surface area contributed by atoms with Gasteiger partial charge in [-0.1, -0.05) is 32.1 Å². The van der Waals surface area contributed by atoms with Crippen LogP contribution in [0.25, 0.3) is 0 Å². The van der Waals surface area contributed by atoms with Gasteiger partial charge in [-0.15, -0.1) is 0 Å². The topological polar surface area (TPSA) is 75.4 Å². The molecule has 2 aliphatic carbocycles. The van der Waals surface area contributed by atoms with Crippen LogP contribution in [0, 0.1) is 17.8 Å². The lowest BCUT2D eigenvalue weighted by molar-refractivity contribution is -0.143. The van der Waals surface area contributed by atoms with Gasteiger partial charge in [0, 0.05) is 25.1 Å². The zero-order valence-electron chi connectivity index (χ0n) is 19.1. The summed E-state index contributed by atoms with van der Waals surface area (Å²) in [5, 5.41) is 13.1. The molecule has 1 amide bonds. The van der Waals surface area contributed by atoms with Crippen molar-refractivity contribution in [3.8, 4) is 0 Å². The number of carbonyl (C=O) groups is 2. The molecule has 2 heterocycles. The predicted octanol–water partition coefficient (Wildman–Crippen LogP) is 5.04. The molecule has 184 valence electrons. The van der Waals surface area contributed by atoms with Crippen molar-refractivity contribution in [2.45, 2.75) is 96.3 Å². The summed E-state index contributed by atoms with van der Waals surface area (Å²) in [6.45, 7) is 0.907. The number of hydrogen-bond donors (Lipinski definition) is 1. The summed E-state index contributed by atoms with van der Waals surface area (Å²) in [6, 6.07) is 0. The van der Waals surface area contributed by atoms with Gasteiger partial charge >= 0.3 is 12.1 Å². The van der Waals surface area contributed by atoms with Crippen molar-refractivity contribution in [2.24, 2.45) is 17.8 Å². The molecule has 9 heteroatoms. The number of halogens is 3. The number of hydrogen-bond acceptors (Lipinski definition) is 3. The van der Waals surface area contributed by atoms with E-state index in [0.717, 1.165) is 19.3 Å². The summed E-state index contributed by atoms with van der Waals surface area (Å²) >= 11 is 0. The third-order valence-corrected chi connectivity index (χ3v) is 7.89. The normalized spacial score (nSPS) is 24.5. The Kier molecular flexibility index (Phi) is 7.34. The van der Waals surface area contributed by atoms with E-state index in [0.29, 0.717) is 50.3 Å². The molecule has 0 atom stereocenters. The number of alkyl halides is 3. The number of carbonyl (C=O) groups excluding carboxylic acids is 1. The van der Waals surface area contributed by atoms with Crippen molar-refractivity contribution >= 4 is 11.9 Å². The first-order valence-corrected chi connectivity index (χ1v) is 12.4. The fraction of sp³-hybridized carbons (Fsp3) is 0.792. The molecule has 33 heavy (non-hydrogen) atoms. The second-order valence-corrected chi connectivity index (χ2v) is 10.1. The second-order valence-electron chi connectivity index (χ2n) is 10.1. The van der Waals surface area contributed by atoms with Crippen LogP contribution in [0.4, 0.5) is 13.2 Å². The van der Waals surface area contributed by atoms with E-state index in [1.54, 1.807) is 4.90 Å². The van der Waals surface area contributed by atoms with Gasteiger partial charge in [-0.05, 0) is 50.4 Å². The molecule has 4 rings (SSSR count). The lowest BCUT2D eigenvalue weighted by Gasteiger charge is -2.31. The highest BCUT2D eigenvalue weighted by Crippen LogP contribution is 2.37. The van der Waals surface area contributed by atoms with Crippen LogP contribution in [0.3, 0.4) is 0 Å². The van der Waals surface area contributed by atoms with Crippen LogP contribution in [0.5, 0.6) is 0 Å². The van der Waals surface area contributed by atoms with E-state index < -0.39 is 17.8 Å². The number of amides is 1. The number of fused-ring (bicyclic) bond motifs is 1. The molecule has 1 aromatic heterocycles. The molecule has 1 aliphatic heterocycles. The highest BCUT2D eigenvalue weighted by atomic mass is 19.4. The van der Waals surface area contributed by atoms with E-state index in [2.05, 4.69) is 5.10 Å². The van der Waals surface area contributed by atoms with Gasteiger partial charge < -0.3 is 10.0 Å². The molecule has 6 nitrogen and oxygen atoms in total. The highest BCUT2D eigenvalue weighted by molar-refractivity contribution is 5.77. The standard InChI is InChI=1S/C24H34F3N3O3/c25-24(26,27)22-19-11-12-29(21(31)14-17-6-8-18(9-7-17)23(32)33)15-20(19)30(28-22)13-10-16-4-2-1-3-5-16/h16-18H,1-15H2,(H,32,33)/t17-,18+. The van der Waals surface area contributed by atoms with Crippen LogP contribution in [0.2, 0.25) is 0 Å². The first-order chi connectivity index (χ1) is 15.7. The van der Waals surface area contributed by atoms with Crippen molar-refractivity contribution in [1.29, 1.82) is 0 Å². The van der Waals surface area contributed by atoms with E-state index in [1.165, 1.54) is 23.9 Å². The average molecular weight is 470 g/mol. The zero-order chi connectivity index (χ0) is 23.6. The molecule has 0 spiro atoms. The van der Waals surface area contributed by atoms with Gasteiger partial charge in [-0.25, -0.2) is 0 Å². The lowest BCUT2D eigenvalue weighted by atomic mass is 9.80. The summed E-state index contributed by atoms with van der Waals surface area (Å²) in [6.07, 6.45) is 5.30. The fourth-order valence-electron chi connectivity index (χ4n) is 5.88. The Balaban J connectivity index is 1.42. The van der Waals surface area contributed by atoms with Crippen LogP contribution < -0.4 is 0 Å². The molecule has 1 N–H and O–H groups in total. The van der Waals surface area contributed by atoms with Gasteiger partial charge in [-0.2, -0.15) is 18.3 Å². The number of carboxylic acids is 1. The molecule has 1 aromatic rings. The number of aromatic nitrogens is 2. The molecule has 3 aliphatic rings. The second kappa shape index (κ2) is 10.1. The maximum Gasteiger partial charge on any atom is 0.435 e. The van der Waals surface area contributed by atoms with Crippen LogP contribution in [-0.4, -0.2) is 38.2 Å². The third kappa shape index (κ3) is 5.72. The van der Waals surface area contributed by atoms with Crippen molar-refractivity contribution in [2.75, 3.05) is 6.54 Å². The molecule has 0 unspecified atom stereocenters. The van der Waals surface area contributed by atoms with E-state index >= 15 is 0 Å². The Labute approximate surface area is 192 Å². The molecular weight excluding hydrogens is 435 g/mol. The Bertz CT molecular complexity index is 853. The Morgan fingerprint density at radius 3 is 2.33 bits per heavy atom. The Morgan fingerprint density at radius 2 is 1.70 bits per heavy atom. The number of nitrogens with zero attached hydrogens (tertiary/aromatic N) is 3. The fourth-order valence-corrected chi connectivity index (χ4v) is 5.88. The van der Waals surface area contributed by atoms with Crippen molar-refractivity contribution in [3.05, 3.63) is 17.0 Å². The smallest absolute Gasteiger partial charge is 0.435 e. The number of aliphatic carboxylic acids is 1. The molecule has 0 radical (unpaired) electrons. The van der Waals surface area contributed by atoms with Crippen LogP contribution >= 0.6 is 0 Å². The molecule has 0 saturated heterocycles. The predicted molar refractivity (Wildman–Crippen MR) is 115 cm³/mol. The maximum absolute atomic E-state index is 13.6. The minimum atomic E-state index is -4.49. The van der Waals surface area contributed by atoms with E-state index in [9.17, 15) is 22.8 Å². The first kappa shape index (κ1) is 24.1. The SMILES string of the molecule is O=C(C[C@H]1CC[C@@H](C(=O)O)CC1)N1CCc2c(C(F)(F)F)nn(CCC3CCCCC3)c2C1. The van der Waals surface area contributed by atoms with E-state index in [1.807, 2.05) is 0 Å². The number of carboxylic acid groups (broad SMARTS) is 1. The molecule has 2 fully saturated rings. The van der Waals surface area contributed by atoms with Crippen molar-refractivity contribution in [3.63, 3.8) is 0 Å². The van der Waals surface area contributed by atoms with Crippen LogP contribution in [-0.2, 0) is 35.3 Å². The van der Waals surface area contributed by atoms with Crippen molar-refractivity contribution < 1.29 is 27.9 Å².